The average Bonchev–Trinajstić information content (AvgIpc) is 3.88. The van der Waals surface area contributed by atoms with Gasteiger partial charge >= 0.3 is 6.36 Å². The largest absolute Gasteiger partial charge is 0.573 e. The standard InChI is InChI=1S/C40H32F3N3O4S/c41-40(42,43)50-29-12-5-8-25(21-29)24-7-3-10-27(19-24)35(47)37(49)46-18-6-14-33-31(22-46)36(48)45-38(44-33)39(16-17-39)28-11-4-9-26(20-28)32-23-51-34-15-2-1-13-30(32)34/h1-5,7-13,15,19-21,23,35,47H,6,14,16-18,22H2,(H,44,45,48)/t35-/m1/s1. The Kier molecular flexibility index (Phi) is 8.27. The summed E-state index contributed by atoms with van der Waals surface area (Å²) in [6.07, 6.45) is -3.60. The van der Waals surface area contributed by atoms with Crippen molar-refractivity contribution in [2.75, 3.05) is 6.54 Å². The summed E-state index contributed by atoms with van der Waals surface area (Å²) in [5.74, 6) is -0.311. The van der Waals surface area contributed by atoms with E-state index in [1.807, 2.05) is 12.1 Å². The molecule has 258 valence electrons. The SMILES string of the molecule is O=C([C@H](O)c1cccc(-c2cccc(OC(F)(F)F)c2)c1)N1CCCc2nc(C3(c4cccc(-c5csc6ccccc56)c4)CC3)[nH]c(=O)c2C1. The minimum atomic E-state index is -4.83. The van der Waals surface area contributed by atoms with Crippen molar-refractivity contribution < 1.29 is 27.8 Å². The summed E-state index contributed by atoms with van der Waals surface area (Å²) in [4.78, 5) is 36.9. The van der Waals surface area contributed by atoms with E-state index in [9.17, 15) is 27.9 Å². The first-order chi connectivity index (χ1) is 24.6. The van der Waals surface area contributed by atoms with E-state index in [1.54, 1.807) is 41.7 Å². The van der Waals surface area contributed by atoms with Gasteiger partial charge in [-0.2, -0.15) is 0 Å². The molecule has 1 aliphatic carbocycles. The zero-order valence-electron chi connectivity index (χ0n) is 27.2. The van der Waals surface area contributed by atoms with Crippen LogP contribution in [0, 0.1) is 0 Å². The van der Waals surface area contributed by atoms with Crippen molar-refractivity contribution in [2.24, 2.45) is 0 Å². The molecule has 0 saturated heterocycles. The Labute approximate surface area is 295 Å². The molecule has 51 heavy (non-hydrogen) atoms. The number of fused-ring (bicyclic) bond motifs is 2. The van der Waals surface area contributed by atoms with Gasteiger partial charge in [-0.15, -0.1) is 24.5 Å². The number of halogens is 3. The summed E-state index contributed by atoms with van der Waals surface area (Å²) in [5.41, 5.74) is 4.99. The van der Waals surface area contributed by atoms with E-state index in [1.165, 1.54) is 38.7 Å². The quantitative estimate of drug-likeness (QED) is 0.174. The lowest BCUT2D eigenvalue weighted by molar-refractivity contribution is -0.274. The van der Waals surface area contributed by atoms with Gasteiger partial charge in [0.25, 0.3) is 11.5 Å². The van der Waals surface area contributed by atoms with Crippen LogP contribution in [0.2, 0.25) is 0 Å². The third-order valence-corrected chi connectivity index (χ3v) is 10.8. The molecule has 1 amide bonds. The van der Waals surface area contributed by atoms with Crippen LogP contribution in [0.15, 0.2) is 107 Å². The summed E-state index contributed by atoms with van der Waals surface area (Å²) < 4.78 is 43.6. The van der Waals surface area contributed by atoms with Crippen LogP contribution in [0.1, 0.15) is 53.6 Å². The average molecular weight is 708 g/mol. The Morgan fingerprint density at radius 2 is 1.69 bits per heavy atom. The first-order valence-electron chi connectivity index (χ1n) is 16.7. The van der Waals surface area contributed by atoms with Gasteiger partial charge in [0.15, 0.2) is 6.10 Å². The molecule has 1 aliphatic heterocycles. The van der Waals surface area contributed by atoms with Crippen molar-refractivity contribution in [3.8, 4) is 28.0 Å². The second-order valence-electron chi connectivity index (χ2n) is 13.1. The van der Waals surface area contributed by atoms with E-state index in [0.717, 1.165) is 24.0 Å². The monoisotopic (exact) mass is 707 g/mol. The molecule has 3 heterocycles. The van der Waals surface area contributed by atoms with Gasteiger partial charge in [0.2, 0.25) is 0 Å². The molecule has 0 bridgehead atoms. The van der Waals surface area contributed by atoms with Crippen LogP contribution in [0.3, 0.4) is 0 Å². The number of aryl methyl sites for hydroxylation is 1. The zero-order valence-corrected chi connectivity index (χ0v) is 28.1. The molecular formula is C40H32F3N3O4S. The topological polar surface area (TPSA) is 95.5 Å². The number of carbonyl (C=O) groups is 1. The number of aromatic nitrogens is 2. The van der Waals surface area contributed by atoms with Crippen LogP contribution >= 0.6 is 11.3 Å². The van der Waals surface area contributed by atoms with Crippen molar-refractivity contribution in [1.82, 2.24) is 14.9 Å². The van der Waals surface area contributed by atoms with Crippen molar-refractivity contribution in [3.05, 3.63) is 141 Å². The van der Waals surface area contributed by atoms with Gasteiger partial charge < -0.3 is 19.7 Å². The number of hydrogen-bond acceptors (Lipinski definition) is 6. The van der Waals surface area contributed by atoms with Gasteiger partial charge in [-0.05, 0) is 83.1 Å². The van der Waals surface area contributed by atoms with Crippen molar-refractivity contribution in [1.29, 1.82) is 0 Å². The molecular weight excluding hydrogens is 676 g/mol. The molecule has 1 saturated carbocycles. The third-order valence-electron chi connectivity index (χ3n) is 9.85. The first kappa shape index (κ1) is 32.9. The minimum Gasteiger partial charge on any atom is -0.406 e. The molecule has 6 aromatic rings. The summed E-state index contributed by atoms with van der Waals surface area (Å²) in [7, 11) is 0. The Morgan fingerprint density at radius 1 is 0.941 bits per heavy atom. The number of hydrogen-bond donors (Lipinski definition) is 2. The molecule has 1 fully saturated rings. The number of thiophene rings is 1. The molecule has 0 spiro atoms. The van der Waals surface area contributed by atoms with Gasteiger partial charge in [-0.3, -0.25) is 9.59 Å². The summed E-state index contributed by atoms with van der Waals surface area (Å²) in [6, 6.07) is 28.8. The summed E-state index contributed by atoms with van der Waals surface area (Å²) in [5, 5.41) is 14.6. The molecule has 2 aliphatic rings. The molecule has 0 radical (unpaired) electrons. The molecule has 11 heteroatoms. The lowest BCUT2D eigenvalue weighted by Gasteiger charge is -2.24. The highest BCUT2D eigenvalue weighted by atomic mass is 32.1. The number of nitrogens with zero attached hydrogens (tertiary/aromatic N) is 2. The van der Waals surface area contributed by atoms with E-state index in [0.29, 0.717) is 47.6 Å². The third kappa shape index (κ3) is 6.43. The fraction of sp³-hybridized carbons (Fsp3) is 0.225. The number of benzene rings is 4. The maximum absolute atomic E-state index is 13.7. The predicted octanol–water partition coefficient (Wildman–Crippen LogP) is 8.31. The van der Waals surface area contributed by atoms with E-state index in [4.69, 9.17) is 4.98 Å². The van der Waals surface area contributed by atoms with Crippen molar-refractivity contribution in [2.45, 2.75) is 50.1 Å². The fourth-order valence-electron chi connectivity index (χ4n) is 7.09. The number of carbonyl (C=O) groups excluding carboxylic acids is 1. The number of aliphatic hydroxyl groups is 1. The number of ether oxygens (including phenoxy) is 1. The van der Waals surface area contributed by atoms with Gasteiger partial charge in [0, 0.05) is 22.2 Å². The van der Waals surface area contributed by atoms with Gasteiger partial charge in [-0.25, -0.2) is 4.98 Å². The van der Waals surface area contributed by atoms with Crippen LogP contribution in [0.5, 0.6) is 5.75 Å². The zero-order chi connectivity index (χ0) is 35.3. The highest BCUT2D eigenvalue weighted by Gasteiger charge is 2.49. The number of nitrogens with one attached hydrogen (secondary N) is 1. The van der Waals surface area contributed by atoms with Crippen LogP contribution in [0.25, 0.3) is 32.3 Å². The maximum Gasteiger partial charge on any atom is 0.573 e. The Hall–Kier alpha value is -5.26. The fourth-order valence-corrected chi connectivity index (χ4v) is 8.06. The molecule has 2 aromatic heterocycles. The molecule has 4 aromatic carbocycles. The molecule has 7 nitrogen and oxygen atoms in total. The van der Waals surface area contributed by atoms with E-state index in [-0.39, 0.29) is 23.4 Å². The highest BCUT2D eigenvalue weighted by Crippen LogP contribution is 2.53. The van der Waals surface area contributed by atoms with E-state index in [2.05, 4.69) is 51.5 Å². The number of aromatic amines is 1. The number of H-pyrrole nitrogens is 1. The minimum absolute atomic E-state index is 0.00191. The summed E-state index contributed by atoms with van der Waals surface area (Å²) >= 11 is 1.72. The Bertz CT molecular complexity index is 2350. The number of aliphatic hydroxyl groups excluding tert-OH is 1. The Morgan fingerprint density at radius 3 is 2.49 bits per heavy atom. The number of rotatable bonds is 7. The van der Waals surface area contributed by atoms with Gasteiger partial charge in [-0.1, -0.05) is 72.8 Å². The maximum atomic E-state index is 13.7. The lowest BCUT2D eigenvalue weighted by Crippen LogP contribution is -2.36. The molecule has 1 atom stereocenters. The molecule has 2 N–H and O–H groups in total. The van der Waals surface area contributed by atoms with E-state index >= 15 is 0 Å². The number of alkyl halides is 3. The smallest absolute Gasteiger partial charge is 0.406 e. The first-order valence-corrected chi connectivity index (χ1v) is 17.6. The van der Waals surface area contributed by atoms with Crippen molar-refractivity contribution in [3.63, 3.8) is 0 Å². The van der Waals surface area contributed by atoms with Crippen LogP contribution in [-0.4, -0.2) is 38.8 Å². The van der Waals surface area contributed by atoms with Crippen molar-refractivity contribution >= 4 is 27.3 Å². The number of amides is 1. The van der Waals surface area contributed by atoms with Crippen LogP contribution < -0.4 is 10.3 Å². The van der Waals surface area contributed by atoms with Crippen LogP contribution in [-0.2, 0) is 23.2 Å². The second-order valence-corrected chi connectivity index (χ2v) is 14.0. The van der Waals surface area contributed by atoms with Gasteiger partial charge in [0.1, 0.15) is 11.6 Å². The second kappa shape index (κ2) is 12.8. The van der Waals surface area contributed by atoms with Gasteiger partial charge in [0.05, 0.1) is 23.2 Å². The highest BCUT2D eigenvalue weighted by molar-refractivity contribution is 7.17. The Balaban J connectivity index is 1.03. The van der Waals surface area contributed by atoms with Crippen LogP contribution in [0.4, 0.5) is 13.2 Å². The normalized spacial score (nSPS) is 16.0. The summed E-state index contributed by atoms with van der Waals surface area (Å²) in [6.45, 7) is 0.317. The predicted molar refractivity (Wildman–Crippen MR) is 189 cm³/mol. The molecule has 0 unspecified atom stereocenters. The van der Waals surface area contributed by atoms with E-state index < -0.39 is 23.8 Å². The molecule has 8 rings (SSSR count). The lowest BCUT2D eigenvalue weighted by atomic mass is 9.91.